The van der Waals surface area contributed by atoms with E-state index in [4.69, 9.17) is 0 Å². The van der Waals surface area contributed by atoms with Crippen LogP contribution in [-0.4, -0.2) is 28.1 Å². The lowest BCUT2D eigenvalue weighted by Crippen LogP contribution is -2.47. The van der Waals surface area contributed by atoms with E-state index < -0.39 is 6.04 Å². The molecule has 30 heavy (non-hydrogen) atoms. The smallest absolute Gasteiger partial charge is 0.249 e. The molecule has 0 aliphatic heterocycles. The summed E-state index contributed by atoms with van der Waals surface area (Å²) in [6, 6.07) is 7.36. The summed E-state index contributed by atoms with van der Waals surface area (Å²) in [5.41, 5.74) is 2.27. The van der Waals surface area contributed by atoms with Crippen LogP contribution in [0.25, 0.3) is 10.6 Å². The molecule has 2 N–H and O–H groups in total. The van der Waals surface area contributed by atoms with Crippen molar-refractivity contribution in [3.8, 4) is 10.6 Å². The van der Waals surface area contributed by atoms with Gasteiger partial charge in [0, 0.05) is 12.0 Å². The number of amides is 2. The van der Waals surface area contributed by atoms with Crippen molar-refractivity contribution in [3.63, 3.8) is 0 Å². The zero-order valence-electron chi connectivity index (χ0n) is 19.1. The van der Waals surface area contributed by atoms with Crippen molar-refractivity contribution in [1.82, 2.24) is 15.5 Å². The quantitative estimate of drug-likeness (QED) is 0.613. The van der Waals surface area contributed by atoms with Crippen molar-refractivity contribution in [2.75, 3.05) is 5.32 Å². The Morgan fingerprint density at radius 2 is 1.83 bits per heavy atom. The third-order valence-electron chi connectivity index (χ3n) is 4.68. The van der Waals surface area contributed by atoms with E-state index in [1.165, 1.54) is 11.3 Å². The van der Waals surface area contributed by atoms with Crippen molar-refractivity contribution in [1.29, 1.82) is 0 Å². The van der Waals surface area contributed by atoms with Gasteiger partial charge in [-0.1, -0.05) is 76.6 Å². The van der Waals surface area contributed by atoms with Crippen LogP contribution < -0.4 is 10.6 Å². The van der Waals surface area contributed by atoms with Gasteiger partial charge in [-0.2, -0.15) is 0 Å². The maximum atomic E-state index is 12.8. The minimum absolute atomic E-state index is 0.0453. The number of hydrogen-bond acceptors (Lipinski definition) is 5. The van der Waals surface area contributed by atoms with E-state index in [1.54, 1.807) is 0 Å². The number of carbonyl (C=O) groups excluding carboxylic acids is 2. The van der Waals surface area contributed by atoms with Crippen molar-refractivity contribution in [2.24, 2.45) is 17.3 Å². The Bertz CT molecular complexity index is 870. The number of aromatic nitrogens is 2. The second-order valence-corrected chi connectivity index (χ2v) is 10.6. The van der Waals surface area contributed by atoms with E-state index in [2.05, 4.69) is 48.5 Å². The molecule has 0 radical (unpaired) electrons. The maximum absolute atomic E-state index is 12.8. The van der Waals surface area contributed by atoms with Gasteiger partial charge in [-0.25, -0.2) is 0 Å². The highest BCUT2D eigenvalue weighted by molar-refractivity contribution is 7.18. The number of rotatable bonds is 8. The van der Waals surface area contributed by atoms with Crippen LogP contribution in [0.4, 0.5) is 5.13 Å². The second kappa shape index (κ2) is 10.2. The molecule has 6 nitrogen and oxygen atoms in total. The lowest BCUT2D eigenvalue weighted by molar-refractivity contribution is -0.128. The predicted molar refractivity (Wildman–Crippen MR) is 123 cm³/mol. The van der Waals surface area contributed by atoms with E-state index in [9.17, 15) is 9.59 Å². The van der Waals surface area contributed by atoms with Crippen LogP contribution in [0.2, 0.25) is 0 Å². The van der Waals surface area contributed by atoms with E-state index in [1.807, 2.05) is 45.0 Å². The Morgan fingerprint density at radius 3 is 2.43 bits per heavy atom. The van der Waals surface area contributed by atoms with Gasteiger partial charge in [0.25, 0.3) is 0 Å². The van der Waals surface area contributed by atoms with Crippen LogP contribution in [0.1, 0.15) is 59.9 Å². The molecule has 0 spiro atoms. The van der Waals surface area contributed by atoms with Gasteiger partial charge in [0.1, 0.15) is 11.0 Å². The Hall–Kier alpha value is -2.28. The summed E-state index contributed by atoms with van der Waals surface area (Å²) in [5.74, 6) is -0.163. The fourth-order valence-corrected chi connectivity index (χ4v) is 4.30. The molecule has 7 heteroatoms. The molecule has 2 aromatic rings. The lowest BCUT2D eigenvalue weighted by atomic mass is 9.84. The number of nitrogens with one attached hydrogen (secondary N) is 2. The molecule has 2 atom stereocenters. The van der Waals surface area contributed by atoms with Gasteiger partial charge < -0.3 is 5.32 Å². The Morgan fingerprint density at radius 1 is 1.13 bits per heavy atom. The first-order valence-electron chi connectivity index (χ1n) is 10.5. The van der Waals surface area contributed by atoms with E-state index >= 15 is 0 Å². The number of carbonyl (C=O) groups is 2. The SMILES string of the molecule is Cc1cccc(-c2nnc(NC(=O)[C@H](NC(=O)C[C@H](C)CC(C)(C)C)C(C)C)s2)c1. The topological polar surface area (TPSA) is 84.0 Å². The summed E-state index contributed by atoms with van der Waals surface area (Å²) in [6.07, 6.45) is 1.36. The molecule has 0 fully saturated rings. The first-order valence-corrected chi connectivity index (χ1v) is 11.3. The highest BCUT2D eigenvalue weighted by atomic mass is 32.1. The third-order valence-corrected chi connectivity index (χ3v) is 5.57. The molecule has 164 valence electrons. The minimum Gasteiger partial charge on any atom is -0.344 e. The summed E-state index contributed by atoms with van der Waals surface area (Å²) >= 11 is 1.32. The molecule has 1 aromatic carbocycles. The Kier molecular flexibility index (Phi) is 8.12. The van der Waals surface area contributed by atoms with E-state index in [0.717, 1.165) is 22.6 Å². The molecule has 2 rings (SSSR count). The first kappa shape index (κ1) is 24.0. The van der Waals surface area contributed by atoms with Crippen LogP contribution in [0, 0.1) is 24.2 Å². The summed E-state index contributed by atoms with van der Waals surface area (Å²) in [7, 11) is 0. The van der Waals surface area contributed by atoms with Crippen LogP contribution >= 0.6 is 11.3 Å². The normalized spacial score (nSPS) is 13.7. The van der Waals surface area contributed by atoms with Gasteiger partial charge in [-0.05, 0) is 36.7 Å². The fourth-order valence-electron chi connectivity index (χ4n) is 3.55. The van der Waals surface area contributed by atoms with Crippen molar-refractivity contribution >= 4 is 28.3 Å². The van der Waals surface area contributed by atoms with Gasteiger partial charge in [0.15, 0.2) is 0 Å². The van der Waals surface area contributed by atoms with Gasteiger partial charge in [0.2, 0.25) is 16.9 Å². The van der Waals surface area contributed by atoms with Crippen LogP contribution in [0.15, 0.2) is 24.3 Å². The van der Waals surface area contributed by atoms with E-state index in [0.29, 0.717) is 11.6 Å². The molecule has 0 saturated carbocycles. The van der Waals surface area contributed by atoms with Gasteiger partial charge in [-0.3, -0.25) is 14.9 Å². The maximum Gasteiger partial charge on any atom is 0.249 e. The monoisotopic (exact) mass is 430 g/mol. The zero-order valence-corrected chi connectivity index (χ0v) is 19.9. The van der Waals surface area contributed by atoms with Gasteiger partial charge in [-0.15, -0.1) is 10.2 Å². The first-order chi connectivity index (χ1) is 13.9. The largest absolute Gasteiger partial charge is 0.344 e. The fraction of sp³-hybridized carbons (Fsp3) is 0.565. The minimum atomic E-state index is -0.620. The average Bonchev–Trinajstić information content (AvgIpc) is 3.06. The second-order valence-electron chi connectivity index (χ2n) is 9.63. The predicted octanol–water partition coefficient (Wildman–Crippen LogP) is 5.06. The Labute approximate surface area is 183 Å². The van der Waals surface area contributed by atoms with E-state index in [-0.39, 0.29) is 29.1 Å². The van der Waals surface area contributed by atoms with Gasteiger partial charge >= 0.3 is 0 Å². The zero-order chi connectivity index (χ0) is 22.5. The Balaban J connectivity index is 2.00. The number of anilines is 1. The number of hydrogen-bond donors (Lipinski definition) is 2. The van der Waals surface area contributed by atoms with Crippen LogP contribution in [-0.2, 0) is 9.59 Å². The number of nitrogens with zero attached hydrogens (tertiary/aromatic N) is 2. The van der Waals surface area contributed by atoms with Crippen molar-refractivity contribution in [3.05, 3.63) is 29.8 Å². The van der Waals surface area contributed by atoms with Crippen LogP contribution in [0.5, 0.6) is 0 Å². The molecular formula is C23H34N4O2S. The summed E-state index contributed by atoms with van der Waals surface area (Å²) < 4.78 is 0. The standard InChI is InChI=1S/C23H34N4O2S/c1-14(2)19(24-18(28)12-16(4)13-23(5,6)7)20(29)25-22-27-26-21(30-22)17-10-8-9-15(3)11-17/h8-11,14,16,19H,12-13H2,1-7H3,(H,24,28)(H,25,27,29)/t16-,19+/m0/s1. The summed E-state index contributed by atoms with van der Waals surface area (Å²) in [6.45, 7) is 14.4. The molecule has 0 saturated heterocycles. The van der Waals surface area contributed by atoms with Crippen LogP contribution in [0.3, 0.4) is 0 Å². The number of benzene rings is 1. The average molecular weight is 431 g/mol. The number of aryl methyl sites for hydroxylation is 1. The molecule has 0 bridgehead atoms. The molecule has 0 aliphatic rings. The highest BCUT2D eigenvalue weighted by Crippen LogP contribution is 2.27. The lowest BCUT2D eigenvalue weighted by Gasteiger charge is -2.25. The van der Waals surface area contributed by atoms with Gasteiger partial charge in [0.05, 0.1) is 0 Å². The molecule has 0 aliphatic carbocycles. The summed E-state index contributed by atoms with van der Waals surface area (Å²) in [4.78, 5) is 25.3. The molecule has 2 amide bonds. The third kappa shape index (κ3) is 7.52. The highest BCUT2D eigenvalue weighted by Gasteiger charge is 2.26. The van der Waals surface area contributed by atoms with Crippen molar-refractivity contribution < 1.29 is 9.59 Å². The summed E-state index contributed by atoms with van der Waals surface area (Å²) in [5, 5.41) is 15.2. The molecule has 0 unspecified atom stereocenters. The molecule has 1 heterocycles. The molecular weight excluding hydrogens is 396 g/mol. The molecule has 1 aromatic heterocycles. The van der Waals surface area contributed by atoms with Crippen molar-refractivity contribution in [2.45, 2.75) is 67.3 Å².